The van der Waals surface area contributed by atoms with Crippen LogP contribution in [0.3, 0.4) is 0 Å². The van der Waals surface area contributed by atoms with Gasteiger partial charge < -0.3 is 5.32 Å². The maximum atomic E-state index is 13.7. The Labute approximate surface area is 111 Å². The summed E-state index contributed by atoms with van der Waals surface area (Å²) in [6.07, 6.45) is 3.77. The van der Waals surface area contributed by atoms with Gasteiger partial charge in [0.2, 0.25) is 0 Å². The van der Waals surface area contributed by atoms with Gasteiger partial charge in [0.15, 0.2) is 5.17 Å². The Balaban J connectivity index is 1.80. The van der Waals surface area contributed by atoms with Gasteiger partial charge in [0.25, 0.3) is 0 Å². The summed E-state index contributed by atoms with van der Waals surface area (Å²) in [4.78, 5) is 4.72. The quantitative estimate of drug-likeness (QED) is 0.834. The lowest BCUT2D eigenvalue weighted by molar-refractivity contribution is 0.535. The molecule has 0 radical (unpaired) electrons. The number of nitrogens with zero attached hydrogens (tertiary/aromatic N) is 1. The number of aryl methyl sites for hydroxylation is 1. The zero-order chi connectivity index (χ0) is 12.5. The number of thioether (sulfide) groups is 1. The first-order valence-electron chi connectivity index (χ1n) is 6.47. The number of amidine groups is 1. The molecule has 0 amide bonds. The molecule has 2 nitrogen and oxygen atoms in total. The van der Waals surface area contributed by atoms with Gasteiger partial charge >= 0.3 is 0 Å². The third-order valence-corrected chi connectivity index (χ3v) is 4.87. The fraction of sp³-hybridized carbons (Fsp3) is 0.500. The molecule has 1 aliphatic heterocycles. The Morgan fingerprint density at radius 1 is 1.39 bits per heavy atom. The Kier molecular flexibility index (Phi) is 3.29. The molecule has 2 aliphatic rings. The van der Waals surface area contributed by atoms with Crippen molar-refractivity contribution in [2.75, 3.05) is 11.1 Å². The zero-order valence-electron chi connectivity index (χ0n) is 10.4. The molecule has 4 heteroatoms. The first-order chi connectivity index (χ1) is 8.74. The van der Waals surface area contributed by atoms with E-state index < -0.39 is 0 Å². The summed E-state index contributed by atoms with van der Waals surface area (Å²) in [5, 5.41) is 4.05. The number of anilines is 1. The van der Waals surface area contributed by atoms with E-state index in [9.17, 15) is 4.39 Å². The van der Waals surface area contributed by atoms with Crippen LogP contribution in [0, 0.1) is 18.7 Å². The molecular formula is C14H17FN2S. The molecule has 0 aromatic heterocycles. The minimum atomic E-state index is -0.202. The molecule has 1 aromatic carbocycles. The second-order valence-electron chi connectivity index (χ2n) is 5.06. The Morgan fingerprint density at radius 3 is 3.11 bits per heavy atom. The maximum absolute atomic E-state index is 13.7. The van der Waals surface area contributed by atoms with Crippen LogP contribution in [0.2, 0.25) is 0 Å². The van der Waals surface area contributed by atoms with E-state index in [0.29, 0.717) is 11.7 Å². The van der Waals surface area contributed by atoms with E-state index in [1.807, 2.05) is 13.0 Å². The molecule has 1 N–H and O–H groups in total. The zero-order valence-corrected chi connectivity index (χ0v) is 11.3. The first-order valence-corrected chi connectivity index (χ1v) is 7.45. The molecule has 2 unspecified atom stereocenters. The molecular weight excluding hydrogens is 247 g/mol. The van der Waals surface area contributed by atoms with E-state index in [1.54, 1.807) is 17.8 Å². The van der Waals surface area contributed by atoms with Crippen molar-refractivity contribution >= 4 is 22.6 Å². The summed E-state index contributed by atoms with van der Waals surface area (Å²) < 4.78 is 13.7. The fourth-order valence-electron chi connectivity index (χ4n) is 2.72. The van der Waals surface area contributed by atoms with Crippen LogP contribution in [0.1, 0.15) is 24.8 Å². The topological polar surface area (TPSA) is 24.4 Å². The minimum absolute atomic E-state index is 0.202. The van der Waals surface area contributed by atoms with Crippen LogP contribution in [0.4, 0.5) is 10.1 Å². The van der Waals surface area contributed by atoms with Gasteiger partial charge in [0.1, 0.15) is 5.82 Å². The normalized spacial score (nSPS) is 26.7. The van der Waals surface area contributed by atoms with Crippen LogP contribution in [-0.4, -0.2) is 17.0 Å². The SMILES string of the molecule is Cc1cccc(F)c1NC1=NC2CCCC2CS1. The van der Waals surface area contributed by atoms with Crippen LogP contribution in [-0.2, 0) is 0 Å². The van der Waals surface area contributed by atoms with Crippen molar-refractivity contribution in [3.63, 3.8) is 0 Å². The smallest absolute Gasteiger partial charge is 0.161 e. The number of nitrogens with one attached hydrogen (secondary N) is 1. The van der Waals surface area contributed by atoms with Crippen molar-refractivity contribution in [1.82, 2.24) is 0 Å². The molecule has 3 rings (SSSR count). The van der Waals surface area contributed by atoms with Crippen molar-refractivity contribution in [2.24, 2.45) is 10.9 Å². The van der Waals surface area contributed by atoms with Gasteiger partial charge in [-0.05, 0) is 37.3 Å². The van der Waals surface area contributed by atoms with E-state index in [1.165, 1.54) is 25.3 Å². The van der Waals surface area contributed by atoms with Gasteiger partial charge in [-0.2, -0.15) is 0 Å². The molecule has 0 bridgehead atoms. The molecule has 18 heavy (non-hydrogen) atoms. The number of rotatable bonds is 1. The maximum Gasteiger partial charge on any atom is 0.161 e. The number of halogens is 1. The molecule has 1 fully saturated rings. The average molecular weight is 264 g/mol. The van der Waals surface area contributed by atoms with Gasteiger partial charge in [0, 0.05) is 5.75 Å². The molecule has 1 heterocycles. The van der Waals surface area contributed by atoms with Crippen molar-refractivity contribution in [2.45, 2.75) is 32.2 Å². The van der Waals surface area contributed by atoms with Crippen LogP contribution in [0.15, 0.2) is 23.2 Å². The third kappa shape index (κ3) is 2.26. The predicted molar refractivity (Wildman–Crippen MR) is 75.8 cm³/mol. The number of hydrogen-bond donors (Lipinski definition) is 1. The molecule has 96 valence electrons. The van der Waals surface area contributed by atoms with E-state index in [2.05, 4.69) is 5.32 Å². The molecule has 1 aliphatic carbocycles. The first kappa shape index (κ1) is 12.0. The van der Waals surface area contributed by atoms with Crippen molar-refractivity contribution < 1.29 is 4.39 Å². The Hall–Kier alpha value is -1.03. The monoisotopic (exact) mass is 264 g/mol. The number of para-hydroxylation sites is 1. The van der Waals surface area contributed by atoms with Gasteiger partial charge in [-0.1, -0.05) is 30.3 Å². The van der Waals surface area contributed by atoms with Crippen LogP contribution >= 0.6 is 11.8 Å². The number of fused-ring (bicyclic) bond motifs is 1. The summed E-state index contributed by atoms with van der Waals surface area (Å²) in [7, 11) is 0. The molecule has 2 atom stereocenters. The molecule has 1 aromatic rings. The van der Waals surface area contributed by atoms with E-state index in [-0.39, 0.29) is 5.82 Å². The number of benzene rings is 1. The van der Waals surface area contributed by atoms with Crippen LogP contribution in [0.25, 0.3) is 0 Å². The lowest BCUT2D eigenvalue weighted by Crippen LogP contribution is -2.25. The summed E-state index contributed by atoms with van der Waals surface area (Å²) >= 11 is 1.72. The predicted octanol–water partition coefficient (Wildman–Crippen LogP) is 3.82. The van der Waals surface area contributed by atoms with Gasteiger partial charge in [-0.25, -0.2) is 4.39 Å². The highest BCUT2D eigenvalue weighted by molar-refractivity contribution is 8.14. The molecule has 0 saturated heterocycles. The summed E-state index contributed by atoms with van der Waals surface area (Å²) in [5.74, 6) is 1.65. The number of hydrogen-bond acceptors (Lipinski definition) is 3. The molecule has 1 saturated carbocycles. The van der Waals surface area contributed by atoms with Gasteiger partial charge in [0.05, 0.1) is 11.7 Å². The van der Waals surface area contributed by atoms with E-state index in [0.717, 1.165) is 22.4 Å². The minimum Gasteiger partial charge on any atom is -0.332 e. The fourth-order valence-corrected chi connectivity index (χ4v) is 3.87. The van der Waals surface area contributed by atoms with Crippen molar-refractivity contribution in [3.05, 3.63) is 29.6 Å². The second-order valence-corrected chi connectivity index (χ2v) is 6.07. The highest BCUT2D eigenvalue weighted by Gasteiger charge is 2.31. The highest BCUT2D eigenvalue weighted by Crippen LogP contribution is 2.36. The Morgan fingerprint density at radius 2 is 2.28 bits per heavy atom. The third-order valence-electron chi connectivity index (χ3n) is 3.79. The lowest BCUT2D eigenvalue weighted by Gasteiger charge is -2.24. The average Bonchev–Trinajstić information content (AvgIpc) is 2.81. The molecule has 0 spiro atoms. The van der Waals surface area contributed by atoms with Crippen LogP contribution in [0.5, 0.6) is 0 Å². The number of aliphatic imine (C=N–C) groups is 1. The van der Waals surface area contributed by atoms with Crippen molar-refractivity contribution in [1.29, 1.82) is 0 Å². The van der Waals surface area contributed by atoms with Crippen molar-refractivity contribution in [3.8, 4) is 0 Å². The highest BCUT2D eigenvalue weighted by atomic mass is 32.2. The largest absolute Gasteiger partial charge is 0.332 e. The van der Waals surface area contributed by atoms with Gasteiger partial charge in [-0.3, -0.25) is 4.99 Å². The second kappa shape index (κ2) is 4.92. The summed E-state index contributed by atoms with van der Waals surface area (Å²) in [6.45, 7) is 1.91. The van der Waals surface area contributed by atoms with Gasteiger partial charge in [-0.15, -0.1) is 0 Å². The van der Waals surface area contributed by atoms with E-state index in [4.69, 9.17) is 4.99 Å². The van der Waals surface area contributed by atoms with E-state index >= 15 is 0 Å². The van der Waals surface area contributed by atoms with Crippen LogP contribution < -0.4 is 5.32 Å². The summed E-state index contributed by atoms with van der Waals surface area (Å²) in [5.41, 5.74) is 1.49. The Bertz CT molecular complexity index is 466. The summed E-state index contributed by atoms with van der Waals surface area (Å²) in [6, 6.07) is 5.60. The standard InChI is InChI=1S/C14H17FN2S/c1-9-4-2-6-11(15)13(9)17-14-16-12-7-3-5-10(12)8-18-14/h2,4,6,10,12H,3,5,7-8H2,1H3,(H,16,17). The lowest BCUT2D eigenvalue weighted by atomic mass is 10.1.